The second kappa shape index (κ2) is 17.4. The molecule has 0 bridgehead atoms. The van der Waals surface area contributed by atoms with E-state index in [1.807, 2.05) is 42.5 Å². The zero-order valence-corrected chi connectivity index (χ0v) is 28.6. The lowest BCUT2D eigenvalue weighted by Gasteiger charge is -2.18. The van der Waals surface area contributed by atoms with Gasteiger partial charge in [-0.1, -0.05) is 76.1 Å². The fraction of sp³-hybridized carbons (Fsp3) is 0.368. The van der Waals surface area contributed by atoms with Gasteiger partial charge in [0, 0.05) is 28.0 Å². The number of rotatable bonds is 13. The Morgan fingerprint density at radius 1 is 0.771 bits per heavy atom. The van der Waals surface area contributed by atoms with E-state index in [1.165, 1.54) is 38.5 Å². The molecule has 0 unspecified atom stereocenters. The van der Waals surface area contributed by atoms with Crippen LogP contribution in [0.3, 0.4) is 0 Å². The zero-order chi connectivity index (χ0) is 34.7. The van der Waals surface area contributed by atoms with E-state index in [1.54, 1.807) is 12.1 Å². The number of phenolic OH excluding ortho intramolecular Hbond substituents is 1. The highest BCUT2D eigenvalue weighted by molar-refractivity contribution is 6.14. The largest absolute Gasteiger partial charge is 0.508 e. The van der Waals surface area contributed by atoms with Crippen molar-refractivity contribution in [3.8, 4) is 28.2 Å². The number of phenols is 1. The number of unbranched alkanes of at least 4 members (excludes halogenated alkanes) is 7. The molecule has 3 aromatic carbocycles. The molecule has 0 radical (unpaired) electrons. The molecular formula is C38H44ClNO8. The minimum absolute atomic E-state index is 0.210. The minimum Gasteiger partial charge on any atom is -0.508 e. The molecular weight excluding hydrogens is 634 g/mol. The molecule has 5 rings (SSSR count). The molecule has 48 heavy (non-hydrogen) atoms. The number of hydrogen-bond donors (Lipinski definition) is 1. The number of nitrogens with zero attached hydrogens (tertiary/aromatic N) is 1. The molecule has 0 saturated carbocycles. The molecule has 2 aliphatic rings. The van der Waals surface area contributed by atoms with Crippen molar-refractivity contribution in [3.05, 3.63) is 83.7 Å². The molecule has 0 atom stereocenters. The number of ether oxygens (including phenoxy) is 1. The first-order chi connectivity index (χ1) is 23.0. The highest BCUT2D eigenvalue weighted by Crippen LogP contribution is 2.43. The molecule has 0 fully saturated rings. The summed E-state index contributed by atoms with van der Waals surface area (Å²) in [5.74, 6) is 0.655. The van der Waals surface area contributed by atoms with Crippen molar-refractivity contribution in [1.82, 2.24) is 4.58 Å². The third-order valence-electron chi connectivity index (χ3n) is 8.45. The van der Waals surface area contributed by atoms with Crippen LogP contribution in [-0.4, -0.2) is 30.8 Å². The summed E-state index contributed by atoms with van der Waals surface area (Å²) in [4.78, 5) is 13.5. The van der Waals surface area contributed by atoms with Gasteiger partial charge in [0.2, 0.25) is 5.36 Å². The Labute approximate surface area is 283 Å². The number of carbonyl (C=O) groups is 1. The fourth-order valence-corrected chi connectivity index (χ4v) is 6.09. The predicted octanol–water partition coefficient (Wildman–Crippen LogP) is 4.42. The van der Waals surface area contributed by atoms with Crippen LogP contribution in [0.15, 0.2) is 77.2 Å². The van der Waals surface area contributed by atoms with E-state index in [0.717, 1.165) is 75.5 Å². The summed E-state index contributed by atoms with van der Waals surface area (Å²) in [5.41, 5.74) is 3.97. The maximum absolute atomic E-state index is 13.5. The van der Waals surface area contributed by atoms with E-state index in [0.29, 0.717) is 12.2 Å². The van der Waals surface area contributed by atoms with Crippen molar-refractivity contribution in [2.75, 3.05) is 19.7 Å². The molecule has 3 aromatic rings. The van der Waals surface area contributed by atoms with Gasteiger partial charge in [-0.2, -0.15) is 0 Å². The van der Waals surface area contributed by atoms with Crippen molar-refractivity contribution >= 4 is 27.7 Å². The summed E-state index contributed by atoms with van der Waals surface area (Å²) in [6.07, 6.45) is 9.57. The Morgan fingerprint density at radius 3 is 2.10 bits per heavy atom. The highest BCUT2D eigenvalue weighted by atomic mass is 35.7. The number of esters is 1. The standard InChI is InChI=1S/C38H43NO4.ClHO4/c1-4-7-8-9-10-11-12-15-24-42-38(41)32-17-14-13-16-31(32)36-33-22-19-28(39(5-2)6-3)26-35(33)43-37-30-23-20-29(40)25-27(30)18-21-34(36)37;2-1(3,4)5/h13-14,16-23,25-26H,4-12,15,24H2,1-3H3;(H,2,3,4,5). The van der Waals surface area contributed by atoms with Crippen LogP contribution in [-0.2, 0) is 4.74 Å². The molecule has 9 nitrogen and oxygen atoms in total. The third-order valence-corrected chi connectivity index (χ3v) is 8.45. The van der Waals surface area contributed by atoms with Crippen LogP contribution < -0.4 is 28.6 Å². The lowest BCUT2D eigenvalue weighted by atomic mass is 9.90. The first-order valence-corrected chi connectivity index (χ1v) is 17.9. The van der Waals surface area contributed by atoms with E-state index in [2.05, 4.69) is 43.5 Å². The van der Waals surface area contributed by atoms with E-state index in [-0.39, 0.29) is 11.7 Å². The van der Waals surface area contributed by atoms with Gasteiger partial charge >= 0.3 is 5.97 Å². The first kappa shape index (κ1) is 36.8. The summed E-state index contributed by atoms with van der Waals surface area (Å²) in [6, 6.07) is 23.4. The molecule has 1 aliphatic heterocycles. The highest BCUT2D eigenvalue weighted by Gasteiger charge is 2.23. The van der Waals surface area contributed by atoms with Gasteiger partial charge in [-0.15, -0.1) is 10.2 Å². The Kier molecular flexibility index (Phi) is 13.4. The predicted molar refractivity (Wildman–Crippen MR) is 177 cm³/mol. The SMILES string of the molecule is CCCCCCCCCCOC(=O)c1ccccc1-c1c2ccc(=[N+](CC)CC)cc-2oc2c1ccc1cc(O)ccc12.[O-][Cl+3]([O-])([O-])[O-]. The average Bonchev–Trinajstić information content (AvgIpc) is 3.06. The molecule has 10 heteroatoms. The van der Waals surface area contributed by atoms with Crippen LogP contribution in [0.2, 0.25) is 0 Å². The van der Waals surface area contributed by atoms with E-state index in [9.17, 15) is 9.90 Å². The molecule has 0 amide bonds. The Balaban J connectivity index is 0.000000968. The van der Waals surface area contributed by atoms with Crippen LogP contribution in [0.4, 0.5) is 0 Å². The summed E-state index contributed by atoms with van der Waals surface area (Å²) >= 11 is 0. The van der Waals surface area contributed by atoms with Gasteiger partial charge in [-0.05, 0) is 67.6 Å². The van der Waals surface area contributed by atoms with Crippen molar-refractivity contribution in [3.63, 3.8) is 0 Å². The van der Waals surface area contributed by atoms with Gasteiger partial charge in [0.1, 0.15) is 30.2 Å². The van der Waals surface area contributed by atoms with Crippen LogP contribution in [0.5, 0.6) is 5.75 Å². The van der Waals surface area contributed by atoms with Gasteiger partial charge < -0.3 is 14.3 Å². The zero-order valence-electron chi connectivity index (χ0n) is 27.8. The van der Waals surface area contributed by atoms with Crippen LogP contribution in [0.25, 0.3) is 44.2 Å². The van der Waals surface area contributed by atoms with Gasteiger partial charge in [-0.3, -0.25) is 0 Å². The molecule has 1 aliphatic carbocycles. The summed E-state index contributed by atoms with van der Waals surface area (Å²) in [5, 5.41) is 13.9. The smallest absolute Gasteiger partial charge is 0.338 e. The lowest BCUT2D eigenvalue weighted by molar-refractivity contribution is -2.00. The third kappa shape index (κ3) is 9.78. The van der Waals surface area contributed by atoms with Crippen molar-refractivity contribution in [1.29, 1.82) is 0 Å². The molecule has 1 heterocycles. The number of fused-ring (bicyclic) bond motifs is 4. The topological polar surface area (TPSA) is 155 Å². The van der Waals surface area contributed by atoms with Gasteiger partial charge in [0.05, 0.1) is 18.2 Å². The molecule has 256 valence electrons. The minimum atomic E-state index is -4.94. The number of carbonyl (C=O) groups excluding carboxylic acids is 1. The quantitative estimate of drug-likeness (QED) is 0.0632. The van der Waals surface area contributed by atoms with Crippen LogP contribution in [0, 0.1) is 10.2 Å². The maximum atomic E-state index is 13.5. The van der Waals surface area contributed by atoms with E-state index >= 15 is 0 Å². The number of hydrogen-bond acceptors (Lipinski definition) is 8. The summed E-state index contributed by atoms with van der Waals surface area (Å²) in [7, 11) is -4.94. The molecule has 0 aromatic heterocycles. The van der Waals surface area contributed by atoms with Gasteiger partial charge in [0.25, 0.3) is 0 Å². The number of benzene rings is 4. The lowest BCUT2D eigenvalue weighted by Crippen LogP contribution is -2.68. The van der Waals surface area contributed by atoms with Gasteiger partial charge in [0.15, 0.2) is 0 Å². The molecule has 0 saturated heterocycles. The number of halogens is 1. The van der Waals surface area contributed by atoms with E-state index in [4.69, 9.17) is 27.8 Å². The Hall–Kier alpha value is -3.99. The average molecular weight is 678 g/mol. The number of aromatic hydroxyl groups is 1. The van der Waals surface area contributed by atoms with E-state index < -0.39 is 10.2 Å². The van der Waals surface area contributed by atoms with Crippen molar-refractivity contribution < 1.29 is 47.9 Å². The second-order valence-electron chi connectivity index (χ2n) is 11.7. The van der Waals surface area contributed by atoms with Crippen LogP contribution in [0.1, 0.15) is 82.5 Å². The Bertz CT molecular complexity index is 1850. The summed E-state index contributed by atoms with van der Waals surface area (Å²) < 4.78 is 48.7. The maximum Gasteiger partial charge on any atom is 0.338 e. The first-order valence-electron chi connectivity index (χ1n) is 16.6. The fourth-order valence-electron chi connectivity index (χ4n) is 6.09. The second-order valence-corrected chi connectivity index (χ2v) is 12.5. The summed E-state index contributed by atoms with van der Waals surface area (Å²) in [6.45, 7) is 8.73. The normalized spacial score (nSPS) is 11.5. The van der Waals surface area contributed by atoms with Gasteiger partial charge in [-0.25, -0.2) is 28.0 Å². The van der Waals surface area contributed by atoms with Crippen molar-refractivity contribution in [2.45, 2.75) is 72.1 Å². The monoisotopic (exact) mass is 677 g/mol. The molecule has 0 spiro atoms. The molecule has 1 N–H and O–H groups in total. The van der Waals surface area contributed by atoms with Crippen LogP contribution >= 0.6 is 0 Å². The van der Waals surface area contributed by atoms with Crippen molar-refractivity contribution in [2.24, 2.45) is 0 Å². The Morgan fingerprint density at radius 2 is 1.42 bits per heavy atom.